The molecule has 156 valence electrons. The van der Waals surface area contributed by atoms with Gasteiger partial charge in [-0.2, -0.15) is 0 Å². The Morgan fingerprint density at radius 3 is 2.97 bits per heavy atom. The number of amides is 2. The van der Waals surface area contributed by atoms with Crippen molar-refractivity contribution in [3.05, 3.63) is 35.5 Å². The number of hydrogen-bond acceptors (Lipinski definition) is 6. The molecule has 2 aliphatic heterocycles. The van der Waals surface area contributed by atoms with E-state index in [4.69, 9.17) is 9.15 Å². The number of fused-ring (bicyclic) bond motifs is 1. The standard InChI is InChI=1S/C20H27N5O4/c1-14(2)9-18(26)21-10-15-16-11-29-20(13-25(16)23-22-15)6-4-7-24(12-20)19(27)17-5-3-8-28-17/h3,5,8,14H,4,6-7,9-13H2,1-2H3,(H,21,26). The Balaban J connectivity index is 1.41. The molecule has 9 heteroatoms. The molecule has 2 amide bonds. The molecular weight excluding hydrogens is 374 g/mol. The van der Waals surface area contributed by atoms with Crippen molar-refractivity contribution >= 4 is 11.8 Å². The van der Waals surface area contributed by atoms with Gasteiger partial charge >= 0.3 is 0 Å². The lowest BCUT2D eigenvalue weighted by molar-refractivity contribution is -0.123. The Morgan fingerprint density at radius 2 is 2.21 bits per heavy atom. The second-order valence-electron chi connectivity index (χ2n) is 8.29. The van der Waals surface area contributed by atoms with Crippen LogP contribution in [0.3, 0.4) is 0 Å². The number of hydrogen-bond donors (Lipinski definition) is 1. The lowest BCUT2D eigenvalue weighted by Gasteiger charge is -2.44. The molecule has 1 atom stereocenters. The van der Waals surface area contributed by atoms with Gasteiger partial charge in [0.05, 0.1) is 38.2 Å². The second-order valence-corrected chi connectivity index (χ2v) is 8.29. The van der Waals surface area contributed by atoms with E-state index in [0.29, 0.717) is 50.9 Å². The molecule has 0 radical (unpaired) electrons. The third kappa shape index (κ3) is 4.19. The Kier molecular flexibility index (Phi) is 5.40. The van der Waals surface area contributed by atoms with Gasteiger partial charge in [-0.25, -0.2) is 4.68 Å². The smallest absolute Gasteiger partial charge is 0.289 e. The minimum absolute atomic E-state index is 0.00862. The molecule has 1 N–H and O–H groups in total. The molecule has 4 rings (SSSR count). The predicted molar refractivity (Wildman–Crippen MR) is 103 cm³/mol. The first-order valence-corrected chi connectivity index (χ1v) is 10.1. The fraction of sp³-hybridized carbons (Fsp3) is 0.600. The summed E-state index contributed by atoms with van der Waals surface area (Å²) >= 11 is 0. The summed E-state index contributed by atoms with van der Waals surface area (Å²) in [6.07, 6.45) is 3.71. The number of carbonyl (C=O) groups is 2. The van der Waals surface area contributed by atoms with E-state index in [0.717, 1.165) is 24.2 Å². The van der Waals surface area contributed by atoms with Crippen LogP contribution in [0, 0.1) is 5.92 Å². The van der Waals surface area contributed by atoms with Crippen molar-refractivity contribution < 1.29 is 18.7 Å². The maximum atomic E-state index is 12.7. The molecule has 1 unspecified atom stereocenters. The Hall–Kier alpha value is -2.68. The molecule has 4 heterocycles. The maximum absolute atomic E-state index is 12.7. The van der Waals surface area contributed by atoms with Crippen LogP contribution in [-0.4, -0.2) is 50.4 Å². The van der Waals surface area contributed by atoms with Gasteiger partial charge in [0.25, 0.3) is 5.91 Å². The van der Waals surface area contributed by atoms with Gasteiger partial charge in [-0.15, -0.1) is 5.10 Å². The average Bonchev–Trinajstić information content (AvgIpc) is 3.35. The van der Waals surface area contributed by atoms with E-state index in [1.54, 1.807) is 17.0 Å². The van der Waals surface area contributed by atoms with E-state index in [-0.39, 0.29) is 11.8 Å². The largest absolute Gasteiger partial charge is 0.459 e. The molecule has 2 aromatic heterocycles. The van der Waals surface area contributed by atoms with Crippen molar-refractivity contribution in [2.45, 2.75) is 58.4 Å². The molecule has 2 aliphatic rings. The Labute approximate surface area is 169 Å². The van der Waals surface area contributed by atoms with Crippen molar-refractivity contribution in [1.82, 2.24) is 25.2 Å². The Morgan fingerprint density at radius 1 is 1.34 bits per heavy atom. The zero-order valence-electron chi connectivity index (χ0n) is 16.9. The average molecular weight is 401 g/mol. The normalized spacial score (nSPS) is 21.4. The van der Waals surface area contributed by atoms with E-state index >= 15 is 0 Å². The molecule has 1 spiro atoms. The quantitative estimate of drug-likeness (QED) is 0.819. The van der Waals surface area contributed by atoms with Crippen LogP contribution >= 0.6 is 0 Å². The number of likely N-dealkylation sites (tertiary alicyclic amines) is 1. The van der Waals surface area contributed by atoms with E-state index in [9.17, 15) is 9.59 Å². The third-order valence-corrected chi connectivity index (χ3v) is 5.48. The van der Waals surface area contributed by atoms with Crippen LogP contribution in [0.25, 0.3) is 0 Å². The molecule has 1 fully saturated rings. The number of nitrogens with one attached hydrogen (secondary N) is 1. The van der Waals surface area contributed by atoms with E-state index < -0.39 is 5.60 Å². The number of furan rings is 1. The second kappa shape index (κ2) is 7.98. The Bertz CT molecular complexity index is 876. The summed E-state index contributed by atoms with van der Waals surface area (Å²) in [5, 5.41) is 11.4. The highest BCUT2D eigenvalue weighted by molar-refractivity contribution is 5.91. The first-order chi connectivity index (χ1) is 14.0. The van der Waals surface area contributed by atoms with Crippen LogP contribution in [0.4, 0.5) is 0 Å². The summed E-state index contributed by atoms with van der Waals surface area (Å²) in [6, 6.07) is 3.40. The zero-order chi connectivity index (χ0) is 20.4. The zero-order valence-corrected chi connectivity index (χ0v) is 16.9. The summed E-state index contributed by atoms with van der Waals surface area (Å²) in [6.45, 7) is 6.45. The monoisotopic (exact) mass is 401 g/mol. The fourth-order valence-electron chi connectivity index (χ4n) is 4.03. The number of aromatic nitrogens is 3. The molecule has 29 heavy (non-hydrogen) atoms. The number of ether oxygens (including phenoxy) is 1. The van der Waals surface area contributed by atoms with Gasteiger partial charge in [-0.1, -0.05) is 19.1 Å². The molecule has 0 saturated carbocycles. The molecule has 2 aromatic rings. The van der Waals surface area contributed by atoms with Gasteiger partial charge < -0.3 is 19.4 Å². The first kappa shape index (κ1) is 19.6. The molecule has 1 saturated heterocycles. The van der Waals surface area contributed by atoms with Crippen LogP contribution < -0.4 is 5.32 Å². The highest BCUT2D eigenvalue weighted by atomic mass is 16.5. The minimum Gasteiger partial charge on any atom is -0.459 e. The van der Waals surface area contributed by atoms with Crippen LogP contribution in [0.5, 0.6) is 0 Å². The maximum Gasteiger partial charge on any atom is 0.289 e. The van der Waals surface area contributed by atoms with Crippen molar-refractivity contribution in [2.24, 2.45) is 5.92 Å². The van der Waals surface area contributed by atoms with E-state index in [1.807, 2.05) is 18.5 Å². The first-order valence-electron chi connectivity index (χ1n) is 10.1. The van der Waals surface area contributed by atoms with E-state index in [1.165, 1.54) is 6.26 Å². The number of rotatable bonds is 5. The van der Waals surface area contributed by atoms with E-state index in [2.05, 4.69) is 15.6 Å². The van der Waals surface area contributed by atoms with Crippen LogP contribution in [0.15, 0.2) is 22.8 Å². The molecule has 0 aromatic carbocycles. The van der Waals surface area contributed by atoms with Gasteiger partial charge in [0, 0.05) is 13.0 Å². The number of piperidine rings is 1. The highest BCUT2D eigenvalue weighted by Gasteiger charge is 2.43. The third-order valence-electron chi connectivity index (χ3n) is 5.48. The van der Waals surface area contributed by atoms with Gasteiger partial charge in [0.2, 0.25) is 5.91 Å². The lowest BCUT2D eigenvalue weighted by Crippen LogP contribution is -2.55. The van der Waals surface area contributed by atoms with Crippen molar-refractivity contribution in [3.8, 4) is 0 Å². The summed E-state index contributed by atoms with van der Waals surface area (Å²) in [7, 11) is 0. The van der Waals surface area contributed by atoms with Crippen molar-refractivity contribution in [1.29, 1.82) is 0 Å². The summed E-state index contributed by atoms with van der Waals surface area (Å²) < 4.78 is 13.4. The highest BCUT2D eigenvalue weighted by Crippen LogP contribution is 2.33. The predicted octanol–water partition coefficient (Wildman–Crippen LogP) is 1.74. The minimum atomic E-state index is -0.473. The van der Waals surface area contributed by atoms with Crippen LogP contribution in [0.2, 0.25) is 0 Å². The van der Waals surface area contributed by atoms with Gasteiger partial charge in [-0.3, -0.25) is 9.59 Å². The number of carbonyl (C=O) groups excluding carboxylic acids is 2. The van der Waals surface area contributed by atoms with Crippen LogP contribution in [0.1, 0.15) is 55.1 Å². The fourth-order valence-corrected chi connectivity index (χ4v) is 4.03. The van der Waals surface area contributed by atoms with Crippen molar-refractivity contribution in [2.75, 3.05) is 13.1 Å². The molecule has 0 bridgehead atoms. The molecule has 9 nitrogen and oxygen atoms in total. The van der Waals surface area contributed by atoms with Crippen LogP contribution in [-0.2, 0) is 29.2 Å². The molecule has 0 aliphatic carbocycles. The van der Waals surface area contributed by atoms with Gasteiger partial charge in [0.15, 0.2) is 5.76 Å². The van der Waals surface area contributed by atoms with Gasteiger partial charge in [0.1, 0.15) is 11.3 Å². The topological polar surface area (TPSA) is 102 Å². The lowest BCUT2D eigenvalue weighted by atomic mass is 9.91. The summed E-state index contributed by atoms with van der Waals surface area (Å²) in [5.74, 6) is 0.550. The number of nitrogens with zero attached hydrogens (tertiary/aromatic N) is 4. The summed E-state index contributed by atoms with van der Waals surface area (Å²) in [5.41, 5.74) is 1.14. The SMILES string of the molecule is CC(C)CC(=O)NCc1nnn2c1COC1(CCCN(C(=O)c3ccco3)C1)C2. The molecular formula is C20H27N5O4. The van der Waals surface area contributed by atoms with Gasteiger partial charge in [-0.05, 0) is 30.9 Å². The van der Waals surface area contributed by atoms with Crippen molar-refractivity contribution in [3.63, 3.8) is 0 Å². The summed E-state index contributed by atoms with van der Waals surface area (Å²) in [4.78, 5) is 26.4.